The van der Waals surface area contributed by atoms with Crippen LogP contribution in [-0.2, 0) is 4.74 Å². The maximum Gasteiger partial charge on any atom is 0.291 e. The molecule has 3 heterocycles. The molecule has 6 nitrogen and oxygen atoms in total. The van der Waals surface area contributed by atoms with Gasteiger partial charge in [-0.1, -0.05) is 36.4 Å². The lowest BCUT2D eigenvalue weighted by Gasteiger charge is -2.27. The van der Waals surface area contributed by atoms with E-state index in [-0.39, 0.29) is 23.2 Å². The SMILES string of the molecule is C=CCOc1cccc(C2c3c(oc4ccc(Cl)cc4c3=O)C(=O)N2CC2CCCO2)c1. The molecular weight excluding hydrogens is 430 g/mol. The second kappa shape index (κ2) is 8.45. The molecule has 2 aromatic carbocycles. The van der Waals surface area contributed by atoms with Crippen LogP contribution in [-0.4, -0.2) is 36.7 Å². The molecule has 0 radical (unpaired) electrons. The number of amides is 1. The van der Waals surface area contributed by atoms with Crippen LogP contribution < -0.4 is 10.2 Å². The summed E-state index contributed by atoms with van der Waals surface area (Å²) in [6.07, 6.45) is 3.41. The maximum absolute atomic E-state index is 13.6. The molecule has 7 heteroatoms. The Kier molecular flexibility index (Phi) is 5.49. The first-order valence-corrected chi connectivity index (χ1v) is 11.0. The summed E-state index contributed by atoms with van der Waals surface area (Å²) < 4.78 is 17.4. The zero-order valence-corrected chi connectivity index (χ0v) is 18.1. The fourth-order valence-corrected chi connectivity index (χ4v) is 4.64. The Balaban J connectivity index is 1.67. The third kappa shape index (κ3) is 3.59. The minimum atomic E-state index is -0.603. The summed E-state index contributed by atoms with van der Waals surface area (Å²) in [5, 5.41) is 0.786. The van der Waals surface area contributed by atoms with Gasteiger partial charge in [0.15, 0.2) is 5.43 Å². The molecule has 164 valence electrons. The number of hydrogen-bond donors (Lipinski definition) is 0. The van der Waals surface area contributed by atoms with Gasteiger partial charge >= 0.3 is 0 Å². The van der Waals surface area contributed by atoms with Crippen LogP contribution in [0, 0.1) is 0 Å². The van der Waals surface area contributed by atoms with Crippen molar-refractivity contribution in [1.29, 1.82) is 0 Å². The molecule has 3 aromatic rings. The molecule has 0 N–H and O–H groups in total. The van der Waals surface area contributed by atoms with E-state index in [0.29, 0.717) is 47.1 Å². The van der Waals surface area contributed by atoms with Crippen LogP contribution in [0.15, 0.2) is 64.3 Å². The van der Waals surface area contributed by atoms with Gasteiger partial charge in [0.2, 0.25) is 5.76 Å². The summed E-state index contributed by atoms with van der Waals surface area (Å²) in [5.74, 6) is 0.394. The lowest BCUT2D eigenvalue weighted by molar-refractivity contribution is 0.0486. The molecule has 1 saturated heterocycles. The van der Waals surface area contributed by atoms with Crippen LogP contribution >= 0.6 is 11.6 Å². The number of rotatable bonds is 6. The minimum Gasteiger partial charge on any atom is -0.490 e. The molecule has 0 saturated carbocycles. The first-order valence-electron chi connectivity index (χ1n) is 10.6. The van der Waals surface area contributed by atoms with Crippen LogP contribution in [0.2, 0.25) is 5.02 Å². The van der Waals surface area contributed by atoms with Crippen molar-refractivity contribution in [3.05, 3.63) is 87.3 Å². The summed E-state index contributed by atoms with van der Waals surface area (Å²) in [5.41, 5.74) is 1.18. The molecule has 2 aliphatic rings. The lowest BCUT2D eigenvalue weighted by Crippen LogP contribution is -2.36. The number of fused-ring (bicyclic) bond motifs is 2. The second-order valence-electron chi connectivity index (χ2n) is 7.98. The van der Waals surface area contributed by atoms with Crippen molar-refractivity contribution < 1.29 is 18.7 Å². The van der Waals surface area contributed by atoms with Crippen molar-refractivity contribution in [3.8, 4) is 5.75 Å². The molecule has 1 amide bonds. The van der Waals surface area contributed by atoms with Gasteiger partial charge in [-0.3, -0.25) is 9.59 Å². The van der Waals surface area contributed by atoms with E-state index in [9.17, 15) is 9.59 Å². The highest BCUT2D eigenvalue weighted by atomic mass is 35.5. The van der Waals surface area contributed by atoms with E-state index in [1.54, 1.807) is 29.2 Å². The average Bonchev–Trinajstić information content (AvgIpc) is 3.41. The minimum absolute atomic E-state index is 0.0741. The van der Waals surface area contributed by atoms with Gasteiger partial charge < -0.3 is 18.8 Å². The largest absolute Gasteiger partial charge is 0.490 e. The first kappa shape index (κ1) is 20.8. The molecule has 5 rings (SSSR count). The zero-order valence-electron chi connectivity index (χ0n) is 17.4. The predicted octanol–water partition coefficient (Wildman–Crippen LogP) is 4.74. The number of nitrogens with zero attached hydrogens (tertiary/aromatic N) is 1. The van der Waals surface area contributed by atoms with Crippen LogP contribution in [0.5, 0.6) is 5.75 Å². The van der Waals surface area contributed by atoms with Gasteiger partial charge in [-0.2, -0.15) is 0 Å². The number of carbonyl (C=O) groups excluding carboxylic acids is 1. The molecule has 0 spiro atoms. The highest BCUT2D eigenvalue weighted by Crippen LogP contribution is 2.40. The quantitative estimate of drug-likeness (QED) is 0.506. The molecule has 1 aromatic heterocycles. The number of ether oxygens (including phenoxy) is 2. The highest BCUT2D eigenvalue weighted by molar-refractivity contribution is 6.31. The van der Waals surface area contributed by atoms with E-state index in [0.717, 1.165) is 18.4 Å². The van der Waals surface area contributed by atoms with Crippen LogP contribution in [0.25, 0.3) is 11.0 Å². The van der Waals surface area contributed by atoms with E-state index < -0.39 is 6.04 Å². The monoisotopic (exact) mass is 451 g/mol. The molecule has 32 heavy (non-hydrogen) atoms. The Morgan fingerprint density at radius 1 is 1.22 bits per heavy atom. The molecule has 0 aliphatic carbocycles. The van der Waals surface area contributed by atoms with Gasteiger partial charge in [0, 0.05) is 18.2 Å². The van der Waals surface area contributed by atoms with E-state index in [4.69, 9.17) is 25.5 Å². The second-order valence-corrected chi connectivity index (χ2v) is 8.42. The van der Waals surface area contributed by atoms with E-state index in [1.807, 2.05) is 24.3 Å². The number of hydrogen-bond acceptors (Lipinski definition) is 5. The fourth-order valence-electron chi connectivity index (χ4n) is 4.46. The topological polar surface area (TPSA) is 69.0 Å². The molecule has 2 atom stereocenters. The Morgan fingerprint density at radius 2 is 2.09 bits per heavy atom. The van der Waals surface area contributed by atoms with E-state index >= 15 is 0 Å². The van der Waals surface area contributed by atoms with Crippen molar-refractivity contribution in [2.45, 2.75) is 25.0 Å². The predicted molar refractivity (Wildman–Crippen MR) is 121 cm³/mol. The molecular formula is C25H22ClNO5. The van der Waals surface area contributed by atoms with Crippen LogP contribution in [0.4, 0.5) is 0 Å². The standard InChI is InChI=1S/C25H22ClNO5/c1-2-10-30-17-6-3-5-15(12-17)22-21-23(28)19-13-16(26)8-9-20(19)32-24(21)25(29)27(22)14-18-7-4-11-31-18/h2-3,5-6,8-9,12-13,18,22H,1,4,7,10-11,14H2. The molecule has 2 aliphatic heterocycles. The van der Waals surface area contributed by atoms with Gasteiger partial charge in [0.1, 0.15) is 17.9 Å². The maximum atomic E-state index is 13.6. The summed E-state index contributed by atoms with van der Waals surface area (Å²) >= 11 is 6.14. The van der Waals surface area contributed by atoms with Crippen LogP contribution in [0.3, 0.4) is 0 Å². The third-order valence-corrected chi connectivity index (χ3v) is 6.13. The van der Waals surface area contributed by atoms with Gasteiger partial charge in [-0.25, -0.2) is 0 Å². The van der Waals surface area contributed by atoms with Crippen molar-refractivity contribution in [1.82, 2.24) is 4.90 Å². The molecule has 0 bridgehead atoms. The Labute approximate surface area is 190 Å². The number of benzene rings is 2. The van der Waals surface area contributed by atoms with Crippen molar-refractivity contribution >= 4 is 28.5 Å². The first-order chi connectivity index (χ1) is 15.6. The summed E-state index contributed by atoms with van der Waals surface area (Å²) in [4.78, 5) is 28.7. The van der Waals surface area contributed by atoms with E-state index in [2.05, 4.69) is 6.58 Å². The van der Waals surface area contributed by atoms with Gasteiger partial charge in [0.25, 0.3) is 5.91 Å². The van der Waals surface area contributed by atoms with Gasteiger partial charge in [-0.05, 0) is 48.7 Å². The van der Waals surface area contributed by atoms with Gasteiger partial charge in [-0.15, -0.1) is 0 Å². The zero-order chi connectivity index (χ0) is 22.2. The van der Waals surface area contributed by atoms with E-state index in [1.165, 1.54) is 0 Å². The lowest BCUT2D eigenvalue weighted by atomic mass is 9.98. The van der Waals surface area contributed by atoms with Gasteiger partial charge in [0.05, 0.1) is 23.1 Å². The normalized spacial score (nSPS) is 20.0. The Hall–Kier alpha value is -3.09. The molecule has 1 fully saturated rings. The Bertz CT molecular complexity index is 1260. The van der Waals surface area contributed by atoms with Crippen molar-refractivity contribution in [2.75, 3.05) is 19.8 Å². The summed E-state index contributed by atoms with van der Waals surface area (Å²) in [7, 11) is 0. The van der Waals surface area contributed by atoms with Crippen molar-refractivity contribution in [2.24, 2.45) is 0 Å². The number of halogens is 1. The summed E-state index contributed by atoms with van der Waals surface area (Å²) in [6, 6.07) is 11.6. The average molecular weight is 452 g/mol. The third-order valence-electron chi connectivity index (χ3n) is 5.89. The van der Waals surface area contributed by atoms with Crippen LogP contribution in [0.1, 0.15) is 40.6 Å². The van der Waals surface area contributed by atoms with Crippen molar-refractivity contribution in [3.63, 3.8) is 0 Å². The fraction of sp³-hybridized carbons (Fsp3) is 0.280. The smallest absolute Gasteiger partial charge is 0.291 e. The molecule has 2 unspecified atom stereocenters. The summed E-state index contributed by atoms with van der Waals surface area (Å²) in [6.45, 7) is 5.08. The Morgan fingerprint density at radius 3 is 2.88 bits per heavy atom. The highest BCUT2D eigenvalue weighted by Gasteiger charge is 2.44. The number of carbonyl (C=O) groups is 1.